The number of hydrogen-bond donors (Lipinski definition) is 2. The normalized spacial score (nSPS) is 10.5. The lowest BCUT2D eigenvalue weighted by Crippen LogP contribution is -2.20. The van der Waals surface area contributed by atoms with Crippen LogP contribution in [0.4, 0.5) is 25.0 Å². The van der Waals surface area contributed by atoms with Crippen molar-refractivity contribution < 1.29 is 18.3 Å². The van der Waals surface area contributed by atoms with E-state index in [0.29, 0.717) is 23.1 Å². The van der Waals surface area contributed by atoms with Crippen LogP contribution in [0, 0.1) is 18.6 Å². The second kappa shape index (κ2) is 8.57. The van der Waals surface area contributed by atoms with Crippen LogP contribution in [0.1, 0.15) is 5.82 Å². The molecule has 2 amide bonds. The monoisotopic (exact) mass is 422 g/mol. The predicted molar refractivity (Wildman–Crippen MR) is 109 cm³/mol. The average molecular weight is 422 g/mol. The first-order chi connectivity index (χ1) is 15.0. The molecule has 0 bridgehead atoms. The van der Waals surface area contributed by atoms with Crippen LogP contribution in [0.2, 0.25) is 0 Å². The zero-order valence-corrected chi connectivity index (χ0v) is 16.2. The lowest BCUT2D eigenvalue weighted by molar-refractivity contribution is 0.262. The van der Waals surface area contributed by atoms with Gasteiger partial charge in [0.2, 0.25) is 5.88 Å². The van der Waals surface area contributed by atoms with Gasteiger partial charge in [0.15, 0.2) is 5.82 Å². The summed E-state index contributed by atoms with van der Waals surface area (Å²) in [7, 11) is 0. The molecule has 0 radical (unpaired) electrons. The Morgan fingerprint density at radius 1 is 1.00 bits per heavy atom. The Morgan fingerprint density at radius 3 is 2.48 bits per heavy atom. The Bertz CT molecular complexity index is 1210. The van der Waals surface area contributed by atoms with Crippen molar-refractivity contribution in [1.29, 1.82) is 0 Å². The first kappa shape index (κ1) is 20.0. The van der Waals surface area contributed by atoms with Gasteiger partial charge in [0.1, 0.15) is 23.2 Å². The number of aryl methyl sites for hydroxylation is 1. The number of anilines is 2. The Kier molecular flexibility index (Phi) is 5.52. The molecule has 0 saturated carbocycles. The third-order valence-electron chi connectivity index (χ3n) is 4.21. The van der Waals surface area contributed by atoms with Gasteiger partial charge in [-0.2, -0.15) is 0 Å². The fourth-order valence-electron chi connectivity index (χ4n) is 2.72. The molecule has 4 aromatic rings. The molecule has 2 aromatic heterocycles. The Balaban J connectivity index is 1.36. The minimum Gasteiger partial charge on any atom is -0.438 e. The molecular weight excluding hydrogens is 406 g/mol. The number of amides is 2. The molecule has 0 atom stereocenters. The number of benzene rings is 2. The number of halogens is 2. The summed E-state index contributed by atoms with van der Waals surface area (Å²) in [4.78, 5) is 16.1. The molecule has 0 saturated heterocycles. The van der Waals surface area contributed by atoms with Crippen molar-refractivity contribution in [2.45, 2.75) is 6.92 Å². The number of imidazole rings is 1. The van der Waals surface area contributed by atoms with Crippen LogP contribution in [0.3, 0.4) is 0 Å². The van der Waals surface area contributed by atoms with E-state index >= 15 is 0 Å². The van der Waals surface area contributed by atoms with Gasteiger partial charge >= 0.3 is 6.03 Å². The van der Waals surface area contributed by atoms with Crippen LogP contribution in [0.5, 0.6) is 11.6 Å². The largest absolute Gasteiger partial charge is 0.438 e. The van der Waals surface area contributed by atoms with Gasteiger partial charge in [-0.05, 0) is 49.4 Å². The lowest BCUT2D eigenvalue weighted by atomic mass is 10.3. The van der Waals surface area contributed by atoms with Crippen molar-refractivity contribution in [3.05, 3.63) is 84.4 Å². The molecule has 0 fully saturated rings. The number of nitrogens with one attached hydrogen (secondary N) is 2. The number of urea groups is 1. The molecule has 0 aliphatic carbocycles. The van der Waals surface area contributed by atoms with Crippen molar-refractivity contribution in [1.82, 2.24) is 19.7 Å². The van der Waals surface area contributed by atoms with Crippen LogP contribution in [-0.4, -0.2) is 25.8 Å². The van der Waals surface area contributed by atoms with E-state index in [0.717, 1.165) is 24.0 Å². The van der Waals surface area contributed by atoms with E-state index in [-0.39, 0.29) is 5.69 Å². The lowest BCUT2D eigenvalue weighted by Gasteiger charge is -2.10. The molecule has 0 unspecified atom stereocenters. The van der Waals surface area contributed by atoms with Crippen molar-refractivity contribution in [3.8, 4) is 17.4 Å². The van der Waals surface area contributed by atoms with E-state index in [2.05, 4.69) is 25.8 Å². The second-order valence-corrected chi connectivity index (χ2v) is 6.40. The van der Waals surface area contributed by atoms with Crippen molar-refractivity contribution >= 4 is 17.4 Å². The number of hydrogen-bond acceptors (Lipinski definition) is 5. The maximum absolute atomic E-state index is 13.6. The first-order valence-corrected chi connectivity index (χ1v) is 9.13. The second-order valence-electron chi connectivity index (χ2n) is 6.40. The summed E-state index contributed by atoms with van der Waals surface area (Å²) in [5.41, 5.74) is 0.170. The molecule has 10 heteroatoms. The summed E-state index contributed by atoms with van der Waals surface area (Å²) in [6, 6.07) is 11.9. The summed E-state index contributed by atoms with van der Waals surface area (Å²) in [6.45, 7) is 1.86. The van der Waals surface area contributed by atoms with Crippen molar-refractivity contribution in [3.63, 3.8) is 0 Å². The molecule has 4 rings (SSSR count). The van der Waals surface area contributed by atoms with Crippen LogP contribution >= 0.6 is 0 Å². The SMILES string of the molecule is Cc1nccn1-c1ccc(Oc2ccc(NC(=O)Nc3cc(F)ccc3F)cc2)nn1. The number of ether oxygens (including phenoxy) is 1. The topological polar surface area (TPSA) is 94.0 Å². The molecule has 0 aliphatic rings. The quantitative estimate of drug-likeness (QED) is 0.487. The molecule has 8 nitrogen and oxygen atoms in total. The number of nitrogens with zero attached hydrogens (tertiary/aromatic N) is 4. The van der Waals surface area contributed by atoms with Gasteiger partial charge in [-0.15, -0.1) is 10.2 Å². The van der Waals surface area contributed by atoms with E-state index in [4.69, 9.17) is 4.74 Å². The van der Waals surface area contributed by atoms with Gasteiger partial charge in [0.05, 0.1) is 5.69 Å². The fraction of sp³-hybridized carbons (Fsp3) is 0.0476. The van der Waals surface area contributed by atoms with Gasteiger partial charge in [-0.25, -0.2) is 18.6 Å². The highest BCUT2D eigenvalue weighted by atomic mass is 19.1. The Hall–Kier alpha value is -4.34. The third-order valence-corrected chi connectivity index (χ3v) is 4.21. The number of carbonyl (C=O) groups is 1. The molecule has 0 aliphatic heterocycles. The highest BCUT2D eigenvalue weighted by Crippen LogP contribution is 2.22. The summed E-state index contributed by atoms with van der Waals surface area (Å²) >= 11 is 0. The van der Waals surface area contributed by atoms with Crippen LogP contribution in [0.25, 0.3) is 5.82 Å². The molecule has 156 valence electrons. The Labute approximate surface area is 175 Å². The van der Waals surface area contributed by atoms with Gasteiger partial charge < -0.3 is 15.4 Å². The zero-order chi connectivity index (χ0) is 21.8. The predicted octanol–water partition coefficient (Wildman–Crippen LogP) is 4.69. The van der Waals surface area contributed by atoms with E-state index < -0.39 is 17.7 Å². The van der Waals surface area contributed by atoms with Gasteiger partial charge in [-0.1, -0.05) is 0 Å². The third kappa shape index (κ3) is 4.81. The molecule has 2 heterocycles. The minimum absolute atomic E-state index is 0.259. The molecule has 2 N–H and O–H groups in total. The van der Waals surface area contributed by atoms with Crippen LogP contribution < -0.4 is 15.4 Å². The van der Waals surface area contributed by atoms with E-state index in [9.17, 15) is 13.6 Å². The van der Waals surface area contributed by atoms with E-state index in [1.807, 2.05) is 6.92 Å². The van der Waals surface area contributed by atoms with E-state index in [1.54, 1.807) is 53.4 Å². The summed E-state index contributed by atoms with van der Waals surface area (Å²) in [6.07, 6.45) is 3.45. The van der Waals surface area contributed by atoms with Crippen LogP contribution in [-0.2, 0) is 0 Å². The van der Waals surface area contributed by atoms with Gasteiger partial charge in [0, 0.05) is 30.2 Å². The van der Waals surface area contributed by atoms with Gasteiger partial charge in [0.25, 0.3) is 0 Å². The van der Waals surface area contributed by atoms with Crippen molar-refractivity contribution in [2.75, 3.05) is 10.6 Å². The standard InChI is InChI=1S/C21H16F2N6O2/c1-13-24-10-11-29(13)19-8-9-20(28-27-19)31-16-5-3-15(4-6-16)25-21(30)26-18-12-14(22)2-7-17(18)23/h2-12H,1H3,(H2,25,26,30). The highest BCUT2D eigenvalue weighted by Gasteiger charge is 2.09. The minimum atomic E-state index is -0.740. The fourth-order valence-corrected chi connectivity index (χ4v) is 2.72. The molecular formula is C21H16F2N6O2. The summed E-state index contributed by atoms with van der Waals surface area (Å²) in [5.74, 6) is 0.771. The number of rotatable bonds is 5. The van der Waals surface area contributed by atoms with Gasteiger partial charge in [-0.3, -0.25) is 4.57 Å². The average Bonchev–Trinajstić information content (AvgIpc) is 3.18. The molecule has 2 aromatic carbocycles. The first-order valence-electron chi connectivity index (χ1n) is 9.13. The summed E-state index contributed by atoms with van der Waals surface area (Å²) in [5, 5.41) is 12.9. The maximum atomic E-state index is 13.6. The highest BCUT2D eigenvalue weighted by molar-refractivity contribution is 5.99. The van der Waals surface area contributed by atoms with Crippen molar-refractivity contribution in [2.24, 2.45) is 0 Å². The smallest absolute Gasteiger partial charge is 0.323 e. The zero-order valence-electron chi connectivity index (χ0n) is 16.2. The Morgan fingerprint density at radius 2 is 1.81 bits per heavy atom. The van der Waals surface area contributed by atoms with Crippen LogP contribution in [0.15, 0.2) is 67.0 Å². The number of aromatic nitrogens is 4. The summed E-state index contributed by atoms with van der Waals surface area (Å²) < 4.78 is 34.2. The molecule has 31 heavy (non-hydrogen) atoms. The van der Waals surface area contributed by atoms with E-state index in [1.165, 1.54) is 0 Å². The number of carbonyl (C=O) groups excluding carboxylic acids is 1. The maximum Gasteiger partial charge on any atom is 0.323 e. The molecule has 0 spiro atoms.